The zero-order chi connectivity index (χ0) is 17.1. The first-order valence-electron chi connectivity index (χ1n) is 8.23. The molecule has 0 fully saturated rings. The quantitative estimate of drug-likeness (QED) is 0.858. The number of amides is 1. The maximum atomic E-state index is 12.3. The number of fused-ring (bicyclic) bond motifs is 1. The Kier molecular flexibility index (Phi) is 4.76. The van der Waals surface area contributed by atoms with Crippen molar-refractivity contribution in [2.75, 3.05) is 18.9 Å². The molecule has 1 aliphatic carbocycles. The van der Waals surface area contributed by atoms with Gasteiger partial charge in [0.15, 0.2) is 5.78 Å². The fourth-order valence-corrected chi connectivity index (χ4v) is 3.32. The van der Waals surface area contributed by atoms with Crippen molar-refractivity contribution < 1.29 is 9.59 Å². The molecule has 0 heterocycles. The van der Waals surface area contributed by atoms with Crippen LogP contribution in [0.4, 0.5) is 5.69 Å². The summed E-state index contributed by atoms with van der Waals surface area (Å²) in [6, 6.07) is 15.7. The first kappa shape index (κ1) is 16.4. The lowest BCUT2D eigenvalue weighted by Gasteiger charge is -2.24. The summed E-state index contributed by atoms with van der Waals surface area (Å²) in [5, 5.41) is 2.89. The van der Waals surface area contributed by atoms with Crippen LogP contribution in [0, 0.1) is 0 Å². The molecule has 1 aliphatic rings. The van der Waals surface area contributed by atoms with E-state index < -0.39 is 0 Å². The maximum absolute atomic E-state index is 12.3. The van der Waals surface area contributed by atoms with Crippen LogP contribution in [0.5, 0.6) is 0 Å². The molecule has 4 nitrogen and oxygen atoms in total. The van der Waals surface area contributed by atoms with Gasteiger partial charge in [0.2, 0.25) is 5.91 Å². The van der Waals surface area contributed by atoms with Crippen LogP contribution < -0.4 is 5.32 Å². The van der Waals surface area contributed by atoms with Crippen molar-refractivity contribution in [3.63, 3.8) is 0 Å². The Labute approximate surface area is 142 Å². The third kappa shape index (κ3) is 3.54. The van der Waals surface area contributed by atoms with E-state index in [0.717, 1.165) is 12.8 Å². The molecule has 0 saturated carbocycles. The molecular formula is C20H22N2O2. The smallest absolute Gasteiger partial charge is 0.238 e. The highest BCUT2D eigenvalue weighted by Crippen LogP contribution is 2.34. The van der Waals surface area contributed by atoms with Gasteiger partial charge in [-0.05, 0) is 62.2 Å². The van der Waals surface area contributed by atoms with Crippen molar-refractivity contribution in [3.8, 4) is 0 Å². The van der Waals surface area contributed by atoms with Crippen molar-refractivity contribution in [1.82, 2.24) is 4.90 Å². The number of nitrogens with zero attached hydrogens (tertiary/aromatic N) is 1. The Morgan fingerprint density at radius 2 is 1.83 bits per heavy atom. The minimum absolute atomic E-state index is 0.0208. The first-order chi connectivity index (χ1) is 11.5. The highest BCUT2D eigenvalue weighted by molar-refractivity contribution is 5.96. The van der Waals surface area contributed by atoms with Crippen LogP contribution in [-0.4, -0.2) is 30.2 Å². The monoisotopic (exact) mass is 322 g/mol. The van der Waals surface area contributed by atoms with Gasteiger partial charge in [-0.1, -0.05) is 24.3 Å². The molecule has 0 saturated heterocycles. The fraction of sp³-hybridized carbons (Fsp3) is 0.300. The Hall–Kier alpha value is -2.46. The van der Waals surface area contributed by atoms with Gasteiger partial charge in [-0.2, -0.15) is 0 Å². The van der Waals surface area contributed by atoms with Crippen molar-refractivity contribution in [3.05, 3.63) is 65.2 Å². The highest BCUT2D eigenvalue weighted by Gasteiger charge is 2.26. The van der Waals surface area contributed by atoms with Crippen molar-refractivity contribution in [2.24, 2.45) is 0 Å². The van der Waals surface area contributed by atoms with E-state index in [1.165, 1.54) is 18.1 Å². The Morgan fingerprint density at radius 1 is 1.12 bits per heavy atom. The van der Waals surface area contributed by atoms with Gasteiger partial charge in [0.05, 0.1) is 6.54 Å². The van der Waals surface area contributed by atoms with Crippen LogP contribution in [0.3, 0.4) is 0 Å². The number of nitrogens with one attached hydrogen (secondary N) is 1. The van der Waals surface area contributed by atoms with E-state index in [2.05, 4.69) is 34.5 Å². The van der Waals surface area contributed by atoms with Gasteiger partial charge in [-0.3, -0.25) is 14.5 Å². The molecule has 2 aromatic carbocycles. The molecule has 0 radical (unpaired) electrons. The number of anilines is 1. The topological polar surface area (TPSA) is 49.4 Å². The van der Waals surface area contributed by atoms with Crippen molar-refractivity contribution >= 4 is 17.4 Å². The number of benzene rings is 2. The fourth-order valence-electron chi connectivity index (χ4n) is 3.32. The third-order valence-electron chi connectivity index (χ3n) is 4.60. The lowest BCUT2D eigenvalue weighted by molar-refractivity contribution is -0.117. The van der Waals surface area contributed by atoms with Crippen LogP contribution in [0.1, 0.15) is 40.9 Å². The van der Waals surface area contributed by atoms with Crippen LogP contribution >= 0.6 is 0 Å². The second kappa shape index (κ2) is 6.97. The molecule has 3 rings (SSSR count). The minimum atomic E-state index is -0.0440. The van der Waals surface area contributed by atoms with Gasteiger partial charge in [-0.25, -0.2) is 0 Å². The SMILES string of the molecule is CC(=O)c1ccc(NC(=O)CN(C)[C@H]2CCc3ccccc32)cc1. The Bertz CT molecular complexity index is 752. The zero-order valence-electron chi connectivity index (χ0n) is 14.1. The normalized spacial score (nSPS) is 16.0. The predicted octanol–water partition coefficient (Wildman–Crippen LogP) is 3.45. The number of hydrogen-bond acceptors (Lipinski definition) is 3. The van der Waals surface area contributed by atoms with Crippen LogP contribution in [-0.2, 0) is 11.2 Å². The van der Waals surface area contributed by atoms with Crippen LogP contribution in [0.15, 0.2) is 48.5 Å². The molecule has 24 heavy (non-hydrogen) atoms. The highest BCUT2D eigenvalue weighted by atomic mass is 16.2. The van der Waals surface area contributed by atoms with E-state index in [0.29, 0.717) is 23.8 Å². The third-order valence-corrected chi connectivity index (χ3v) is 4.60. The molecule has 124 valence electrons. The number of rotatable bonds is 5. The minimum Gasteiger partial charge on any atom is -0.325 e. The summed E-state index contributed by atoms with van der Waals surface area (Å²) in [6.45, 7) is 1.87. The summed E-state index contributed by atoms with van der Waals surface area (Å²) < 4.78 is 0. The molecule has 0 aliphatic heterocycles. The van der Waals surface area contributed by atoms with Gasteiger partial charge in [0, 0.05) is 17.3 Å². The van der Waals surface area contributed by atoms with Crippen molar-refractivity contribution in [1.29, 1.82) is 0 Å². The number of carbonyl (C=O) groups excluding carboxylic acids is 2. The first-order valence-corrected chi connectivity index (χ1v) is 8.23. The van der Waals surface area contributed by atoms with E-state index in [4.69, 9.17) is 0 Å². The molecule has 0 aromatic heterocycles. The molecular weight excluding hydrogens is 300 g/mol. The molecule has 0 bridgehead atoms. The Balaban J connectivity index is 1.60. The van der Waals surface area contributed by atoms with E-state index >= 15 is 0 Å². The summed E-state index contributed by atoms with van der Waals surface area (Å²) >= 11 is 0. The molecule has 1 amide bonds. The van der Waals surface area contributed by atoms with Crippen LogP contribution in [0.25, 0.3) is 0 Å². The maximum Gasteiger partial charge on any atom is 0.238 e. The summed E-state index contributed by atoms with van der Waals surface area (Å²) in [7, 11) is 1.99. The van der Waals surface area contributed by atoms with E-state index in [-0.39, 0.29) is 11.7 Å². The second-order valence-corrected chi connectivity index (χ2v) is 6.35. The number of Topliss-reactive ketones (excluding diaryl/α,β-unsaturated/α-hetero) is 1. The van der Waals surface area contributed by atoms with Crippen molar-refractivity contribution in [2.45, 2.75) is 25.8 Å². The largest absolute Gasteiger partial charge is 0.325 e. The predicted molar refractivity (Wildman–Crippen MR) is 95.2 cm³/mol. The number of ketones is 1. The van der Waals surface area contributed by atoms with Crippen LogP contribution in [0.2, 0.25) is 0 Å². The molecule has 0 unspecified atom stereocenters. The number of aryl methyl sites for hydroxylation is 1. The zero-order valence-corrected chi connectivity index (χ0v) is 14.1. The van der Waals surface area contributed by atoms with Gasteiger partial charge >= 0.3 is 0 Å². The van der Waals surface area contributed by atoms with Gasteiger partial charge in [-0.15, -0.1) is 0 Å². The van der Waals surface area contributed by atoms with E-state index in [9.17, 15) is 9.59 Å². The number of hydrogen-bond donors (Lipinski definition) is 1. The summed E-state index contributed by atoms with van der Waals surface area (Å²) in [5.41, 5.74) is 4.08. The second-order valence-electron chi connectivity index (χ2n) is 6.35. The summed E-state index contributed by atoms with van der Waals surface area (Å²) in [6.07, 6.45) is 2.12. The number of carbonyl (C=O) groups is 2. The summed E-state index contributed by atoms with van der Waals surface area (Å²) in [5.74, 6) is -0.0232. The average Bonchev–Trinajstić information content (AvgIpc) is 2.99. The van der Waals surface area contributed by atoms with Gasteiger partial charge < -0.3 is 5.32 Å². The molecule has 1 N–H and O–H groups in total. The Morgan fingerprint density at radius 3 is 2.54 bits per heavy atom. The lowest BCUT2D eigenvalue weighted by Crippen LogP contribution is -2.32. The number of likely N-dealkylation sites (N-methyl/N-ethyl adjacent to an activating group) is 1. The van der Waals surface area contributed by atoms with E-state index in [1.54, 1.807) is 24.3 Å². The molecule has 0 spiro atoms. The van der Waals surface area contributed by atoms with Gasteiger partial charge in [0.1, 0.15) is 0 Å². The standard InChI is InChI=1S/C20H22N2O2/c1-14(23)15-7-10-17(11-8-15)21-20(24)13-22(2)19-12-9-16-5-3-4-6-18(16)19/h3-8,10-11,19H,9,12-13H2,1-2H3,(H,21,24)/t19-/m0/s1. The average molecular weight is 322 g/mol. The molecule has 2 aromatic rings. The lowest BCUT2D eigenvalue weighted by atomic mass is 10.1. The molecule has 4 heteroatoms. The van der Waals surface area contributed by atoms with E-state index in [1.807, 2.05) is 7.05 Å². The van der Waals surface area contributed by atoms with Gasteiger partial charge in [0.25, 0.3) is 0 Å². The summed E-state index contributed by atoms with van der Waals surface area (Å²) in [4.78, 5) is 25.7. The molecule has 1 atom stereocenters.